The average molecular weight is 382 g/mol. The number of benzene rings is 1. The molecule has 1 aliphatic heterocycles. The van der Waals surface area contributed by atoms with Gasteiger partial charge in [0.1, 0.15) is 5.76 Å². The predicted molar refractivity (Wildman–Crippen MR) is 104 cm³/mol. The summed E-state index contributed by atoms with van der Waals surface area (Å²) in [5.41, 5.74) is 7.49. The van der Waals surface area contributed by atoms with Gasteiger partial charge >= 0.3 is 0 Å². The zero-order valence-corrected chi connectivity index (χ0v) is 16.0. The number of nitrogens with one attached hydrogen (secondary N) is 1. The molecule has 4 rings (SSSR count). The fourth-order valence-electron chi connectivity index (χ4n) is 4.89. The van der Waals surface area contributed by atoms with E-state index in [1.165, 1.54) is 0 Å². The van der Waals surface area contributed by atoms with E-state index in [1.54, 1.807) is 13.1 Å². The Hall–Kier alpha value is -2.60. The molecule has 28 heavy (non-hydrogen) atoms. The van der Waals surface area contributed by atoms with Gasteiger partial charge in [-0.1, -0.05) is 36.4 Å². The van der Waals surface area contributed by atoms with Crippen LogP contribution in [-0.4, -0.2) is 37.2 Å². The van der Waals surface area contributed by atoms with E-state index in [1.807, 2.05) is 30.3 Å². The van der Waals surface area contributed by atoms with Crippen LogP contribution in [0.5, 0.6) is 0 Å². The molecule has 2 amide bonds. The summed E-state index contributed by atoms with van der Waals surface area (Å²) in [6.45, 7) is 0.536. The van der Waals surface area contributed by atoms with Crippen molar-refractivity contribution < 1.29 is 19.4 Å². The highest BCUT2D eigenvalue weighted by atomic mass is 16.5. The van der Waals surface area contributed by atoms with Crippen molar-refractivity contribution in [3.63, 3.8) is 0 Å². The lowest BCUT2D eigenvalue weighted by Gasteiger charge is -2.34. The summed E-state index contributed by atoms with van der Waals surface area (Å²) in [5, 5.41) is 12.0. The van der Waals surface area contributed by atoms with Crippen molar-refractivity contribution in [3.8, 4) is 0 Å². The van der Waals surface area contributed by atoms with Crippen LogP contribution in [-0.2, 0) is 14.3 Å². The number of aliphatic hydroxyl groups is 1. The van der Waals surface area contributed by atoms with E-state index < -0.39 is 11.3 Å². The van der Waals surface area contributed by atoms with Crippen molar-refractivity contribution in [1.29, 1.82) is 0 Å². The Labute approximate surface area is 164 Å². The van der Waals surface area contributed by atoms with Crippen LogP contribution in [0.4, 0.5) is 0 Å². The minimum absolute atomic E-state index is 0.00155. The first-order valence-corrected chi connectivity index (χ1v) is 9.78. The second-order valence-electron chi connectivity index (χ2n) is 7.96. The Balaban J connectivity index is 1.78. The first-order chi connectivity index (χ1) is 13.5. The number of likely N-dealkylation sites (N-methyl/N-ethyl adjacent to an activating group) is 1. The van der Waals surface area contributed by atoms with E-state index in [0.717, 1.165) is 17.6 Å². The lowest BCUT2D eigenvalue weighted by atomic mass is 9.68. The van der Waals surface area contributed by atoms with Crippen molar-refractivity contribution in [2.24, 2.45) is 23.0 Å². The van der Waals surface area contributed by atoms with Crippen LogP contribution >= 0.6 is 0 Å². The molecule has 1 aromatic carbocycles. The van der Waals surface area contributed by atoms with Gasteiger partial charge in [-0.25, -0.2) is 0 Å². The second-order valence-corrected chi connectivity index (χ2v) is 7.96. The summed E-state index contributed by atoms with van der Waals surface area (Å²) in [6.07, 6.45) is 3.68. The minimum Gasteiger partial charge on any atom is -0.492 e. The molecule has 148 valence electrons. The third-order valence-corrected chi connectivity index (χ3v) is 6.45. The molecule has 2 aliphatic carbocycles. The van der Waals surface area contributed by atoms with Gasteiger partial charge in [0.15, 0.2) is 0 Å². The van der Waals surface area contributed by atoms with Crippen LogP contribution in [0.2, 0.25) is 0 Å². The summed E-state index contributed by atoms with van der Waals surface area (Å²) < 4.78 is 5.97. The topological polar surface area (TPSA) is 102 Å². The number of nitrogens with two attached hydrogens (primary N) is 1. The van der Waals surface area contributed by atoms with Crippen molar-refractivity contribution in [2.45, 2.75) is 25.2 Å². The van der Waals surface area contributed by atoms with Crippen molar-refractivity contribution in [2.75, 3.05) is 20.3 Å². The van der Waals surface area contributed by atoms with Gasteiger partial charge in [0.25, 0.3) is 5.91 Å². The Kier molecular flexibility index (Phi) is 4.75. The monoisotopic (exact) mass is 382 g/mol. The highest BCUT2D eigenvalue weighted by molar-refractivity contribution is 6.00. The first kappa shape index (κ1) is 18.7. The third-order valence-electron chi connectivity index (χ3n) is 6.45. The Morgan fingerprint density at radius 2 is 2.07 bits per heavy atom. The number of aliphatic hydroxyl groups excluding tert-OH is 1. The Morgan fingerprint density at radius 1 is 1.32 bits per heavy atom. The lowest BCUT2D eigenvalue weighted by molar-refractivity contribution is -0.126. The van der Waals surface area contributed by atoms with Crippen LogP contribution in [0.3, 0.4) is 0 Å². The first-order valence-electron chi connectivity index (χ1n) is 9.78. The molecule has 0 spiro atoms. The van der Waals surface area contributed by atoms with Crippen LogP contribution in [0.1, 0.15) is 30.7 Å². The number of hydrogen-bond donors (Lipinski definition) is 3. The summed E-state index contributed by atoms with van der Waals surface area (Å²) in [6, 6.07) is 10.00. The molecule has 6 nitrogen and oxygen atoms in total. The highest BCUT2D eigenvalue weighted by Crippen LogP contribution is 2.60. The molecule has 1 fully saturated rings. The molecule has 4 N–H and O–H groups in total. The Bertz CT molecular complexity index is 861. The van der Waals surface area contributed by atoms with Gasteiger partial charge in [-0.05, 0) is 42.2 Å². The highest BCUT2D eigenvalue weighted by Gasteiger charge is 2.58. The van der Waals surface area contributed by atoms with Gasteiger partial charge < -0.3 is 20.9 Å². The maximum Gasteiger partial charge on any atom is 0.254 e. The van der Waals surface area contributed by atoms with Crippen molar-refractivity contribution in [3.05, 3.63) is 58.9 Å². The second kappa shape index (κ2) is 7.09. The number of carbonyl (C=O) groups excluding carboxylic acids is 2. The van der Waals surface area contributed by atoms with Crippen LogP contribution in [0.25, 0.3) is 0 Å². The predicted octanol–water partition coefficient (Wildman–Crippen LogP) is 1.62. The molecule has 0 radical (unpaired) electrons. The average Bonchev–Trinajstić information content (AvgIpc) is 3.36. The molecular formula is C22H26N2O4. The molecule has 0 aromatic heterocycles. The van der Waals surface area contributed by atoms with Gasteiger partial charge in [-0.3, -0.25) is 9.59 Å². The van der Waals surface area contributed by atoms with Crippen LogP contribution < -0.4 is 11.1 Å². The molecule has 2 unspecified atom stereocenters. The molecule has 3 aliphatic rings. The molecule has 0 saturated heterocycles. The zero-order valence-electron chi connectivity index (χ0n) is 16.0. The van der Waals surface area contributed by atoms with Gasteiger partial charge in [0, 0.05) is 19.6 Å². The summed E-state index contributed by atoms with van der Waals surface area (Å²) in [5.74, 6) is 0.195. The van der Waals surface area contributed by atoms with Gasteiger partial charge in [-0.2, -0.15) is 0 Å². The molecule has 6 heteroatoms. The minimum atomic E-state index is -0.915. The number of ether oxygens (including phenoxy) is 1. The van der Waals surface area contributed by atoms with E-state index in [0.29, 0.717) is 30.8 Å². The third kappa shape index (κ3) is 2.92. The van der Waals surface area contributed by atoms with E-state index in [2.05, 4.69) is 5.32 Å². The standard InChI is InChI=1S/C22H26N2O4/c1-24-20(26)16-11-22(21(23)27,18-9-14(18)7-8-25)10-15-17(12-28-19(15)16)13-5-3-2-4-6-13/h2-6,11,14,17-18,25H,7-10,12H2,1H3,(H2,23,27)(H,24,26)/t14-,17?,18-,22?/m1/s1. The van der Waals surface area contributed by atoms with E-state index >= 15 is 0 Å². The molecule has 4 atom stereocenters. The SMILES string of the molecule is CNC(=O)C1=CC(C(N)=O)([C@@H]2C[C@H]2CCO)CC2=C1OCC2c1ccccc1. The fourth-order valence-corrected chi connectivity index (χ4v) is 4.89. The van der Waals surface area contributed by atoms with Crippen LogP contribution in [0.15, 0.2) is 53.3 Å². The Morgan fingerprint density at radius 3 is 2.71 bits per heavy atom. The molecule has 1 saturated carbocycles. The van der Waals surface area contributed by atoms with Gasteiger partial charge in [0.2, 0.25) is 5.91 Å². The van der Waals surface area contributed by atoms with E-state index in [4.69, 9.17) is 10.5 Å². The summed E-state index contributed by atoms with van der Waals surface area (Å²) in [4.78, 5) is 25.3. The van der Waals surface area contributed by atoms with E-state index in [9.17, 15) is 14.7 Å². The smallest absolute Gasteiger partial charge is 0.254 e. The van der Waals surface area contributed by atoms with E-state index in [-0.39, 0.29) is 30.3 Å². The van der Waals surface area contributed by atoms with Gasteiger partial charge in [-0.15, -0.1) is 0 Å². The molecular weight excluding hydrogens is 356 g/mol. The number of rotatable bonds is 6. The zero-order chi connectivity index (χ0) is 19.9. The molecule has 1 heterocycles. The van der Waals surface area contributed by atoms with Crippen molar-refractivity contribution in [1.82, 2.24) is 5.32 Å². The largest absolute Gasteiger partial charge is 0.492 e. The maximum atomic E-state index is 12.7. The normalized spacial score (nSPS) is 30.9. The number of carbonyl (C=O) groups is 2. The van der Waals surface area contributed by atoms with Gasteiger partial charge in [0.05, 0.1) is 17.6 Å². The maximum absolute atomic E-state index is 12.7. The van der Waals surface area contributed by atoms with Crippen molar-refractivity contribution >= 4 is 11.8 Å². The summed E-state index contributed by atoms with van der Waals surface area (Å²) in [7, 11) is 1.57. The number of primary amides is 1. The lowest BCUT2D eigenvalue weighted by Crippen LogP contribution is -2.42. The quantitative estimate of drug-likeness (QED) is 0.696. The number of hydrogen-bond acceptors (Lipinski definition) is 4. The summed E-state index contributed by atoms with van der Waals surface area (Å²) >= 11 is 0. The molecule has 1 aromatic rings. The van der Waals surface area contributed by atoms with Crippen LogP contribution in [0, 0.1) is 17.3 Å². The molecule has 0 bridgehead atoms. The number of amides is 2. The fraction of sp³-hybridized carbons (Fsp3) is 0.455.